The fourth-order valence-corrected chi connectivity index (χ4v) is 0.386. The molecule has 0 saturated carbocycles. The van der Waals surface area contributed by atoms with Gasteiger partial charge in [-0.05, 0) is 19.9 Å². The average Bonchev–Trinajstić information content (AvgIpc) is 1.68. The van der Waals surface area contributed by atoms with Gasteiger partial charge in [-0.2, -0.15) is 10.2 Å². The van der Waals surface area contributed by atoms with E-state index in [4.69, 9.17) is 0 Å². The average molecular weight is 110 g/mol. The van der Waals surface area contributed by atoms with Gasteiger partial charge in [-0.15, -0.1) is 0 Å². The molecule has 2 heteroatoms. The van der Waals surface area contributed by atoms with Crippen LogP contribution < -0.4 is 0 Å². The number of hydrogen-bond donors (Lipinski definition) is 0. The molecule has 0 bridgehead atoms. The van der Waals surface area contributed by atoms with Crippen molar-refractivity contribution in [1.29, 1.82) is 0 Å². The van der Waals surface area contributed by atoms with Crippen molar-refractivity contribution >= 4 is 12.4 Å². The highest BCUT2D eigenvalue weighted by molar-refractivity contribution is 5.92. The highest BCUT2D eigenvalue weighted by Gasteiger charge is 1.74. The maximum absolute atomic E-state index is 3.66. The second-order valence-electron chi connectivity index (χ2n) is 1.38. The van der Waals surface area contributed by atoms with Gasteiger partial charge in [-0.25, -0.2) is 0 Å². The molecule has 2 nitrogen and oxygen atoms in total. The van der Waals surface area contributed by atoms with Crippen LogP contribution in [0.3, 0.4) is 0 Å². The van der Waals surface area contributed by atoms with Crippen molar-refractivity contribution in [2.45, 2.75) is 13.8 Å². The Bertz CT molecular complexity index is 122. The highest BCUT2D eigenvalue weighted by Crippen LogP contribution is 1.79. The normalized spacial score (nSPS) is 12.5. The van der Waals surface area contributed by atoms with Crippen LogP contribution in [0.2, 0.25) is 0 Å². The van der Waals surface area contributed by atoms with E-state index in [0.717, 1.165) is 5.71 Å². The van der Waals surface area contributed by atoms with Crippen molar-refractivity contribution in [3.05, 3.63) is 12.2 Å². The molecule has 0 amide bonds. The van der Waals surface area contributed by atoms with Crippen LogP contribution in [0, 0.1) is 0 Å². The molecule has 0 radical (unpaired) electrons. The van der Waals surface area contributed by atoms with Gasteiger partial charge in [-0.3, -0.25) is 0 Å². The Labute approximate surface area is 49.6 Å². The van der Waals surface area contributed by atoms with Gasteiger partial charge in [0.2, 0.25) is 0 Å². The highest BCUT2D eigenvalue weighted by atomic mass is 15.2. The van der Waals surface area contributed by atoms with Gasteiger partial charge in [0.1, 0.15) is 0 Å². The van der Waals surface area contributed by atoms with Crippen LogP contribution in [0.1, 0.15) is 13.8 Å². The molecular weight excluding hydrogens is 100 g/mol. The number of nitrogens with zero attached hydrogens (tertiary/aromatic N) is 2. The lowest BCUT2D eigenvalue weighted by Crippen LogP contribution is -1.79. The van der Waals surface area contributed by atoms with Gasteiger partial charge in [0.25, 0.3) is 0 Å². The van der Waals surface area contributed by atoms with Crippen LogP contribution in [-0.4, -0.2) is 12.4 Å². The van der Waals surface area contributed by atoms with E-state index >= 15 is 0 Å². The first-order valence-corrected chi connectivity index (χ1v) is 2.44. The molecule has 0 aliphatic rings. The first kappa shape index (κ1) is 7.08. The van der Waals surface area contributed by atoms with E-state index in [9.17, 15) is 0 Å². The van der Waals surface area contributed by atoms with E-state index in [-0.39, 0.29) is 0 Å². The third kappa shape index (κ3) is 3.28. The number of hydrogen-bond acceptors (Lipinski definition) is 2. The summed E-state index contributed by atoms with van der Waals surface area (Å²) in [5.74, 6) is 0. The van der Waals surface area contributed by atoms with E-state index in [1.165, 1.54) is 0 Å². The molecule has 8 heavy (non-hydrogen) atoms. The SMILES string of the molecule is C=NN=C(C)C=CC. The molecular formula is C6H10N2. The van der Waals surface area contributed by atoms with Gasteiger partial charge in [0, 0.05) is 6.72 Å². The Morgan fingerprint density at radius 2 is 2.25 bits per heavy atom. The fourth-order valence-electron chi connectivity index (χ4n) is 0.386. The van der Waals surface area contributed by atoms with Gasteiger partial charge in [-0.1, -0.05) is 6.08 Å². The predicted octanol–water partition coefficient (Wildman–Crippen LogP) is 1.64. The molecule has 0 rings (SSSR count). The third-order valence-corrected chi connectivity index (χ3v) is 0.636. The van der Waals surface area contributed by atoms with Crippen LogP contribution in [0.15, 0.2) is 22.4 Å². The molecule has 0 aliphatic heterocycles. The van der Waals surface area contributed by atoms with Crippen molar-refractivity contribution in [3.63, 3.8) is 0 Å². The molecule has 0 aliphatic carbocycles. The summed E-state index contributed by atoms with van der Waals surface area (Å²) >= 11 is 0. The van der Waals surface area contributed by atoms with Crippen LogP contribution in [0.4, 0.5) is 0 Å². The van der Waals surface area contributed by atoms with Crippen molar-refractivity contribution < 1.29 is 0 Å². The zero-order chi connectivity index (χ0) is 6.41. The van der Waals surface area contributed by atoms with Crippen LogP contribution >= 0.6 is 0 Å². The van der Waals surface area contributed by atoms with Crippen molar-refractivity contribution in [1.82, 2.24) is 0 Å². The number of rotatable bonds is 2. The molecule has 0 aromatic carbocycles. The molecule has 0 aromatic rings. The Morgan fingerprint density at radius 3 is 2.62 bits per heavy atom. The summed E-state index contributed by atoms with van der Waals surface area (Å²) in [5, 5.41) is 7.00. The lowest BCUT2D eigenvalue weighted by molar-refractivity contribution is 1.26. The Kier molecular flexibility index (Phi) is 3.76. The molecule has 0 N–H and O–H groups in total. The zero-order valence-electron chi connectivity index (χ0n) is 5.26. The quantitative estimate of drug-likeness (QED) is 0.381. The lowest BCUT2D eigenvalue weighted by atomic mass is 10.4. The summed E-state index contributed by atoms with van der Waals surface area (Å²) in [6, 6.07) is 0. The van der Waals surface area contributed by atoms with Gasteiger partial charge in [0.15, 0.2) is 0 Å². The number of allylic oxidation sites excluding steroid dienone is 2. The van der Waals surface area contributed by atoms with E-state index in [1.807, 2.05) is 26.0 Å². The third-order valence-electron chi connectivity index (χ3n) is 0.636. The molecule has 0 unspecified atom stereocenters. The Balaban J connectivity index is 3.79. The predicted molar refractivity (Wildman–Crippen MR) is 37.5 cm³/mol. The van der Waals surface area contributed by atoms with E-state index in [2.05, 4.69) is 16.9 Å². The minimum Gasteiger partial charge on any atom is -0.167 e. The van der Waals surface area contributed by atoms with Crippen LogP contribution in [0.25, 0.3) is 0 Å². The molecule has 0 saturated heterocycles. The Hall–Kier alpha value is -0.920. The topological polar surface area (TPSA) is 24.7 Å². The second-order valence-corrected chi connectivity index (χ2v) is 1.38. The van der Waals surface area contributed by atoms with Crippen molar-refractivity contribution in [2.75, 3.05) is 0 Å². The lowest BCUT2D eigenvalue weighted by Gasteiger charge is -1.80. The minimum absolute atomic E-state index is 0.877. The standard InChI is InChI=1S/C6H10N2/c1-4-5-6(2)8-7-3/h4-5H,3H2,1-2H3. The summed E-state index contributed by atoms with van der Waals surface area (Å²) in [6.45, 7) is 7.01. The molecule has 0 spiro atoms. The first-order chi connectivity index (χ1) is 3.81. The smallest absolute Gasteiger partial charge is 0.0596 e. The zero-order valence-corrected chi connectivity index (χ0v) is 5.26. The first-order valence-electron chi connectivity index (χ1n) is 2.44. The van der Waals surface area contributed by atoms with E-state index in [0.29, 0.717) is 0 Å². The summed E-state index contributed by atoms with van der Waals surface area (Å²) in [5.41, 5.74) is 0.877. The summed E-state index contributed by atoms with van der Waals surface area (Å²) in [4.78, 5) is 0. The summed E-state index contributed by atoms with van der Waals surface area (Å²) in [7, 11) is 0. The van der Waals surface area contributed by atoms with Crippen LogP contribution in [0.5, 0.6) is 0 Å². The maximum atomic E-state index is 3.66. The Morgan fingerprint density at radius 1 is 1.62 bits per heavy atom. The summed E-state index contributed by atoms with van der Waals surface area (Å²) < 4.78 is 0. The molecule has 0 fully saturated rings. The molecule has 44 valence electrons. The minimum atomic E-state index is 0.877. The monoisotopic (exact) mass is 110 g/mol. The molecule has 0 heterocycles. The largest absolute Gasteiger partial charge is 0.167 e. The second kappa shape index (κ2) is 4.24. The fraction of sp³-hybridized carbons (Fsp3) is 0.333. The van der Waals surface area contributed by atoms with Gasteiger partial charge >= 0.3 is 0 Å². The van der Waals surface area contributed by atoms with Crippen molar-refractivity contribution in [3.8, 4) is 0 Å². The van der Waals surface area contributed by atoms with Crippen LogP contribution in [-0.2, 0) is 0 Å². The summed E-state index contributed by atoms with van der Waals surface area (Å²) in [6.07, 6.45) is 3.78. The van der Waals surface area contributed by atoms with E-state index < -0.39 is 0 Å². The maximum Gasteiger partial charge on any atom is 0.0596 e. The van der Waals surface area contributed by atoms with Crippen molar-refractivity contribution in [2.24, 2.45) is 10.2 Å². The van der Waals surface area contributed by atoms with E-state index in [1.54, 1.807) is 0 Å². The van der Waals surface area contributed by atoms with Gasteiger partial charge in [0.05, 0.1) is 5.71 Å². The molecule has 0 aromatic heterocycles. The van der Waals surface area contributed by atoms with Gasteiger partial charge < -0.3 is 0 Å². The molecule has 0 atom stereocenters.